The molecule has 0 saturated carbocycles. The molecule has 3 heterocycles. The highest BCUT2D eigenvalue weighted by Crippen LogP contribution is 2.19. The van der Waals surface area contributed by atoms with Gasteiger partial charge >= 0.3 is 6.03 Å². The summed E-state index contributed by atoms with van der Waals surface area (Å²) in [6, 6.07) is 0.327. The predicted octanol–water partition coefficient (Wildman–Crippen LogP) is 0.735. The van der Waals surface area contributed by atoms with Crippen LogP contribution in [0.4, 0.5) is 4.79 Å². The Kier molecular flexibility index (Phi) is 4.86. The van der Waals surface area contributed by atoms with Crippen molar-refractivity contribution in [2.24, 2.45) is 5.92 Å². The van der Waals surface area contributed by atoms with Crippen LogP contribution in [0, 0.1) is 5.92 Å². The molecule has 3 saturated heterocycles. The second kappa shape index (κ2) is 6.86. The van der Waals surface area contributed by atoms with Gasteiger partial charge in [0.05, 0.1) is 6.54 Å². The van der Waals surface area contributed by atoms with Crippen molar-refractivity contribution < 1.29 is 9.59 Å². The van der Waals surface area contributed by atoms with Crippen LogP contribution >= 0.6 is 0 Å². The van der Waals surface area contributed by atoms with Crippen LogP contribution in [0.2, 0.25) is 0 Å². The lowest BCUT2D eigenvalue weighted by atomic mass is 9.99. The molecule has 0 radical (unpaired) electrons. The first-order valence-electron chi connectivity index (χ1n) is 8.68. The van der Waals surface area contributed by atoms with E-state index >= 15 is 0 Å². The van der Waals surface area contributed by atoms with Gasteiger partial charge < -0.3 is 15.1 Å². The lowest BCUT2D eigenvalue weighted by Crippen LogP contribution is -2.52. The molecular weight excluding hydrogens is 280 g/mol. The van der Waals surface area contributed by atoms with E-state index in [1.165, 1.54) is 0 Å². The van der Waals surface area contributed by atoms with Crippen molar-refractivity contribution in [3.8, 4) is 0 Å². The Labute approximate surface area is 132 Å². The number of nitrogens with one attached hydrogen (secondary N) is 1. The van der Waals surface area contributed by atoms with Gasteiger partial charge in [-0.2, -0.15) is 0 Å². The first-order chi connectivity index (χ1) is 10.6. The van der Waals surface area contributed by atoms with Crippen LogP contribution in [0.5, 0.6) is 0 Å². The topological polar surface area (TPSA) is 55.9 Å². The van der Waals surface area contributed by atoms with Crippen molar-refractivity contribution in [3.05, 3.63) is 0 Å². The monoisotopic (exact) mass is 308 g/mol. The normalized spacial score (nSPS) is 28.0. The zero-order chi connectivity index (χ0) is 15.5. The number of carbonyl (C=O) groups excluding carboxylic acids is 2. The molecule has 6 heteroatoms. The fourth-order valence-corrected chi connectivity index (χ4v) is 3.81. The maximum atomic E-state index is 12.5. The number of urea groups is 1. The standard InChI is InChI=1S/C16H28N4O2/c1-13-4-8-19(9-5-13)15(21)12-18-7-2-3-14(11-18)20-10-6-17-16(20)22/h13-14H,2-12H2,1H3,(H,17,22). The van der Waals surface area contributed by atoms with E-state index in [-0.39, 0.29) is 18.0 Å². The van der Waals surface area contributed by atoms with Gasteiger partial charge in [0.1, 0.15) is 0 Å². The molecule has 3 rings (SSSR count). The van der Waals surface area contributed by atoms with Gasteiger partial charge in [0.15, 0.2) is 0 Å². The molecule has 22 heavy (non-hydrogen) atoms. The fraction of sp³-hybridized carbons (Fsp3) is 0.875. The molecule has 0 aliphatic carbocycles. The second-order valence-corrected chi connectivity index (χ2v) is 7.02. The molecule has 0 aromatic rings. The van der Waals surface area contributed by atoms with Crippen molar-refractivity contribution in [2.75, 3.05) is 45.8 Å². The van der Waals surface area contributed by atoms with Gasteiger partial charge in [0.25, 0.3) is 0 Å². The third-order valence-electron chi connectivity index (χ3n) is 5.31. The molecule has 0 aromatic carbocycles. The number of piperidine rings is 2. The zero-order valence-electron chi connectivity index (χ0n) is 13.6. The van der Waals surface area contributed by atoms with E-state index in [1.807, 2.05) is 9.80 Å². The Bertz CT molecular complexity index is 420. The fourth-order valence-electron chi connectivity index (χ4n) is 3.81. The Morgan fingerprint density at radius 2 is 1.95 bits per heavy atom. The van der Waals surface area contributed by atoms with Crippen LogP contribution in [0.3, 0.4) is 0 Å². The average molecular weight is 308 g/mol. The summed E-state index contributed by atoms with van der Waals surface area (Å²) in [5.74, 6) is 1.01. The molecule has 3 aliphatic rings. The Morgan fingerprint density at radius 3 is 2.64 bits per heavy atom. The summed E-state index contributed by atoms with van der Waals surface area (Å²) in [5, 5.41) is 2.87. The molecule has 0 aromatic heterocycles. The molecule has 6 nitrogen and oxygen atoms in total. The minimum atomic E-state index is 0.0585. The maximum Gasteiger partial charge on any atom is 0.317 e. The van der Waals surface area contributed by atoms with E-state index in [1.54, 1.807) is 0 Å². The minimum Gasteiger partial charge on any atom is -0.342 e. The van der Waals surface area contributed by atoms with Crippen molar-refractivity contribution in [1.82, 2.24) is 20.0 Å². The van der Waals surface area contributed by atoms with E-state index < -0.39 is 0 Å². The third-order valence-corrected chi connectivity index (χ3v) is 5.31. The highest BCUT2D eigenvalue weighted by molar-refractivity contribution is 5.78. The molecule has 1 N–H and O–H groups in total. The minimum absolute atomic E-state index is 0.0585. The van der Waals surface area contributed by atoms with E-state index in [4.69, 9.17) is 0 Å². The van der Waals surface area contributed by atoms with Crippen LogP contribution in [-0.4, -0.2) is 78.5 Å². The summed E-state index contributed by atoms with van der Waals surface area (Å²) >= 11 is 0. The number of amides is 3. The first kappa shape index (κ1) is 15.6. The number of hydrogen-bond donors (Lipinski definition) is 1. The van der Waals surface area contributed by atoms with Gasteiger partial charge in [-0.1, -0.05) is 6.92 Å². The van der Waals surface area contributed by atoms with E-state index in [0.717, 1.165) is 70.9 Å². The lowest BCUT2D eigenvalue weighted by Gasteiger charge is -2.38. The molecule has 1 atom stereocenters. The average Bonchev–Trinajstić information content (AvgIpc) is 2.94. The van der Waals surface area contributed by atoms with Crippen molar-refractivity contribution in [3.63, 3.8) is 0 Å². The van der Waals surface area contributed by atoms with Gasteiger partial charge in [0.2, 0.25) is 5.91 Å². The van der Waals surface area contributed by atoms with E-state index in [2.05, 4.69) is 17.1 Å². The smallest absolute Gasteiger partial charge is 0.317 e. The van der Waals surface area contributed by atoms with E-state index in [0.29, 0.717) is 6.54 Å². The number of carbonyl (C=O) groups is 2. The van der Waals surface area contributed by atoms with Crippen molar-refractivity contribution in [1.29, 1.82) is 0 Å². The van der Waals surface area contributed by atoms with Gasteiger partial charge in [-0.15, -0.1) is 0 Å². The first-order valence-corrected chi connectivity index (χ1v) is 8.68. The maximum absolute atomic E-state index is 12.5. The zero-order valence-corrected chi connectivity index (χ0v) is 13.6. The number of rotatable bonds is 3. The van der Waals surface area contributed by atoms with Gasteiger partial charge in [-0.3, -0.25) is 9.69 Å². The van der Waals surface area contributed by atoms with E-state index in [9.17, 15) is 9.59 Å². The SMILES string of the molecule is CC1CCN(C(=O)CN2CCCC(N3CCNC3=O)C2)CC1. The molecule has 124 valence electrons. The second-order valence-electron chi connectivity index (χ2n) is 7.02. The molecule has 1 unspecified atom stereocenters. The highest BCUT2D eigenvalue weighted by Gasteiger charge is 2.32. The molecule has 0 spiro atoms. The van der Waals surface area contributed by atoms with Crippen LogP contribution in [0.15, 0.2) is 0 Å². The largest absolute Gasteiger partial charge is 0.342 e. The molecule has 3 fully saturated rings. The summed E-state index contributed by atoms with van der Waals surface area (Å²) in [6.45, 7) is 7.96. The molecular formula is C16H28N4O2. The van der Waals surface area contributed by atoms with Crippen LogP contribution in [-0.2, 0) is 4.79 Å². The Morgan fingerprint density at radius 1 is 1.18 bits per heavy atom. The quantitative estimate of drug-likeness (QED) is 0.836. The Hall–Kier alpha value is -1.30. The van der Waals surface area contributed by atoms with Gasteiger partial charge in [-0.05, 0) is 38.1 Å². The summed E-state index contributed by atoms with van der Waals surface area (Å²) in [6.07, 6.45) is 4.38. The van der Waals surface area contributed by atoms with Crippen molar-refractivity contribution in [2.45, 2.75) is 38.6 Å². The summed E-state index contributed by atoms with van der Waals surface area (Å²) < 4.78 is 0. The van der Waals surface area contributed by atoms with Crippen LogP contribution in [0.1, 0.15) is 32.6 Å². The Balaban J connectivity index is 1.49. The van der Waals surface area contributed by atoms with Crippen LogP contribution < -0.4 is 5.32 Å². The van der Waals surface area contributed by atoms with Gasteiger partial charge in [-0.25, -0.2) is 4.79 Å². The number of nitrogens with zero attached hydrogens (tertiary/aromatic N) is 3. The molecule has 3 aliphatic heterocycles. The molecule has 3 amide bonds. The lowest BCUT2D eigenvalue weighted by molar-refractivity contribution is -0.134. The van der Waals surface area contributed by atoms with Gasteiger partial charge in [0, 0.05) is 38.8 Å². The number of likely N-dealkylation sites (tertiary alicyclic amines) is 2. The third kappa shape index (κ3) is 3.54. The summed E-state index contributed by atoms with van der Waals surface area (Å²) in [4.78, 5) is 30.5. The van der Waals surface area contributed by atoms with Crippen molar-refractivity contribution >= 4 is 11.9 Å². The molecule has 0 bridgehead atoms. The predicted molar refractivity (Wildman–Crippen MR) is 84.5 cm³/mol. The summed E-state index contributed by atoms with van der Waals surface area (Å²) in [7, 11) is 0. The van der Waals surface area contributed by atoms with Crippen LogP contribution in [0.25, 0.3) is 0 Å². The highest BCUT2D eigenvalue weighted by atomic mass is 16.2. The summed E-state index contributed by atoms with van der Waals surface area (Å²) in [5.41, 5.74) is 0. The number of hydrogen-bond acceptors (Lipinski definition) is 3.